The highest BCUT2D eigenvalue weighted by Gasteiger charge is 2.22. The van der Waals surface area contributed by atoms with Gasteiger partial charge in [0.05, 0.1) is 23.7 Å². The fourth-order valence-electron chi connectivity index (χ4n) is 4.28. The molecule has 0 saturated heterocycles. The topological polar surface area (TPSA) is 74.3 Å². The number of fused-ring (bicyclic) bond motifs is 2. The van der Waals surface area contributed by atoms with Crippen molar-refractivity contribution in [1.29, 1.82) is 0 Å². The van der Waals surface area contributed by atoms with Gasteiger partial charge in [0.25, 0.3) is 11.3 Å². The molecule has 0 aliphatic heterocycles. The summed E-state index contributed by atoms with van der Waals surface area (Å²) in [5, 5.41) is 4.89. The van der Waals surface area contributed by atoms with Crippen LogP contribution in [0.3, 0.4) is 0 Å². The standard InChI is InChI=1S/C21H21N5O2/c1-28-17-10-6-5-9-15(17)19-18-16(24-21-22-13-23-26(19)21)11-12-25(20(18)27)14-7-3-2-4-8-14/h5-6,9-14H,2-4,7-8H2,1H3. The van der Waals surface area contributed by atoms with Crippen LogP contribution in [0.5, 0.6) is 5.75 Å². The number of para-hydroxylation sites is 1. The van der Waals surface area contributed by atoms with Gasteiger partial charge in [0.15, 0.2) is 0 Å². The zero-order valence-corrected chi connectivity index (χ0v) is 15.7. The summed E-state index contributed by atoms with van der Waals surface area (Å²) in [6.45, 7) is 0. The molecule has 1 aliphatic carbocycles. The lowest BCUT2D eigenvalue weighted by atomic mass is 9.95. The Labute approximate surface area is 161 Å². The molecule has 3 aromatic heterocycles. The van der Waals surface area contributed by atoms with E-state index in [1.165, 1.54) is 12.7 Å². The van der Waals surface area contributed by atoms with E-state index in [-0.39, 0.29) is 11.6 Å². The molecule has 0 amide bonds. The van der Waals surface area contributed by atoms with Crippen LogP contribution in [-0.4, -0.2) is 31.3 Å². The van der Waals surface area contributed by atoms with Crippen LogP contribution in [0.25, 0.3) is 27.9 Å². The molecular weight excluding hydrogens is 354 g/mol. The van der Waals surface area contributed by atoms with Crippen molar-refractivity contribution < 1.29 is 4.74 Å². The summed E-state index contributed by atoms with van der Waals surface area (Å²) in [6.07, 6.45) is 8.98. The Bertz CT molecular complexity index is 1220. The molecule has 0 N–H and O–H groups in total. The number of nitrogens with zero attached hydrogens (tertiary/aromatic N) is 5. The van der Waals surface area contributed by atoms with Gasteiger partial charge in [0.1, 0.15) is 12.1 Å². The molecule has 3 heterocycles. The maximum atomic E-state index is 13.6. The zero-order valence-electron chi connectivity index (χ0n) is 15.7. The molecule has 0 unspecified atom stereocenters. The second-order valence-corrected chi connectivity index (χ2v) is 7.21. The molecule has 1 fully saturated rings. The smallest absolute Gasteiger partial charge is 0.262 e. The molecule has 0 radical (unpaired) electrons. The van der Waals surface area contributed by atoms with Gasteiger partial charge in [-0.3, -0.25) is 4.79 Å². The third-order valence-corrected chi connectivity index (χ3v) is 5.63. The Kier molecular flexibility index (Phi) is 4.07. The monoisotopic (exact) mass is 375 g/mol. The van der Waals surface area contributed by atoms with Crippen molar-refractivity contribution in [3.8, 4) is 17.0 Å². The van der Waals surface area contributed by atoms with Crippen LogP contribution in [0.4, 0.5) is 0 Å². The van der Waals surface area contributed by atoms with Gasteiger partial charge in [-0.05, 0) is 31.0 Å². The lowest BCUT2D eigenvalue weighted by Gasteiger charge is -2.24. The third-order valence-electron chi connectivity index (χ3n) is 5.63. The largest absolute Gasteiger partial charge is 0.496 e. The van der Waals surface area contributed by atoms with E-state index < -0.39 is 0 Å². The molecule has 0 bridgehead atoms. The fourth-order valence-corrected chi connectivity index (χ4v) is 4.28. The summed E-state index contributed by atoms with van der Waals surface area (Å²) >= 11 is 0. The van der Waals surface area contributed by atoms with Gasteiger partial charge in [-0.2, -0.15) is 14.6 Å². The van der Waals surface area contributed by atoms with Crippen molar-refractivity contribution in [3.63, 3.8) is 0 Å². The maximum absolute atomic E-state index is 13.6. The third kappa shape index (κ3) is 2.58. The van der Waals surface area contributed by atoms with Gasteiger partial charge in [-0.1, -0.05) is 31.4 Å². The van der Waals surface area contributed by atoms with Crippen LogP contribution >= 0.6 is 0 Å². The van der Waals surface area contributed by atoms with Crippen LogP contribution in [-0.2, 0) is 0 Å². The molecule has 1 saturated carbocycles. The molecular formula is C21H21N5O2. The first-order chi connectivity index (χ1) is 13.8. The van der Waals surface area contributed by atoms with Crippen LogP contribution in [0.2, 0.25) is 0 Å². The Hall–Kier alpha value is -3.22. The molecule has 1 aliphatic rings. The van der Waals surface area contributed by atoms with Crippen molar-refractivity contribution in [2.75, 3.05) is 7.11 Å². The van der Waals surface area contributed by atoms with E-state index in [9.17, 15) is 4.79 Å². The molecule has 1 aromatic carbocycles. The first-order valence-electron chi connectivity index (χ1n) is 9.66. The van der Waals surface area contributed by atoms with Gasteiger partial charge in [0.2, 0.25) is 0 Å². The number of hydrogen-bond acceptors (Lipinski definition) is 5. The van der Waals surface area contributed by atoms with Crippen molar-refractivity contribution in [2.45, 2.75) is 38.1 Å². The van der Waals surface area contributed by atoms with E-state index in [0.29, 0.717) is 28.1 Å². The highest BCUT2D eigenvalue weighted by atomic mass is 16.5. The van der Waals surface area contributed by atoms with Gasteiger partial charge in [-0.25, -0.2) is 4.98 Å². The highest BCUT2D eigenvalue weighted by molar-refractivity contribution is 5.94. The Morgan fingerprint density at radius 1 is 1.11 bits per heavy atom. The quantitative estimate of drug-likeness (QED) is 0.547. The van der Waals surface area contributed by atoms with Crippen molar-refractivity contribution >= 4 is 16.7 Å². The second kappa shape index (κ2) is 6.74. The van der Waals surface area contributed by atoms with Crippen LogP contribution in [0.15, 0.2) is 47.7 Å². The lowest BCUT2D eigenvalue weighted by Crippen LogP contribution is -2.27. The minimum Gasteiger partial charge on any atom is -0.496 e. The van der Waals surface area contributed by atoms with E-state index in [1.54, 1.807) is 11.6 Å². The molecule has 28 heavy (non-hydrogen) atoms. The summed E-state index contributed by atoms with van der Waals surface area (Å²) in [6, 6.07) is 9.81. The minimum absolute atomic E-state index is 0.0322. The first kappa shape index (κ1) is 16.9. The predicted octanol–water partition coefficient (Wildman–Crippen LogP) is 3.62. The average Bonchev–Trinajstić information content (AvgIpc) is 3.21. The van der Waals surface area contributed by atoms with Crippen LogP contribution < -0.4 is 10.3 Å². The molecule has 0 spiro atoms. The lowest BCUT2D eigenvalue weighted by molar-refractivity contribution is 0.347. The molecule has 4 aromatic rings. The van der Waals surface area contributed by atoms with E-state index >= 15 is 0 Å². The Morgan fingerprint density at radius 3 is 2.75 bits per heavy atom. The van der Waals surface area contributed by atoms with E-state index in [0.717, 1.165) is 31.2 Å². The molecule has 142 valence electrons. The normalized spacial score (nSPS) is 15.3. The van der Waals surface area contributed by atoms with E-state index in [2.05, 4.69) is 15.1 Å². The Morgan fingerprint density at radius 2 is 1.93 bits per heavy atom. The number of aromatic nitrogens is 5. The summed E-state index contributed by atoms with van der Waals surface area (Å²) in [5.41, 5.74) is 2.06. The van der Waals surface area contributed by atoms with Crippen LogP contribution in [0, 0.1) is 0 Å². The maximum Gasteiger partial charge on any atom is 0.262 e. The minimum atomic E-state index is -0.0322. The molecule has 5 rings (SSSR count). The van der Waals surface area contributed by atoms with E-state index in [1.807, 2.05) is 41.1 Å². The number of rotatable bonds is 3. The number of pyridine rings is 1. The summed E-state index contributed by atoms with van der Waals surface area (Å²) < 4.78 is 9.08. The van der Waals surface area contributed by atoms with Crippen LogP contribution in [0.1, 0.15) is 38.1 Å². The fraction of sp³-hybridized carbons (Fsp3) is 0.333. The average molecular weight is 375 g/mol. The molecule has 7 nitrogen and oxygen atoms in total. The number of benzene rings is 1. The second-order valence-electron chi connectivity index (χ2n) is 7.21. The summed E-state index contributed by atoms with van der Waals surface area (Å²) in [5.74, 6) is 1.14. The van der Waals surface area contributed by atoms with E-state index in [4.69, 9.17) is 4.74 Å². The van der Waals surface area contributed by atoms with Crippen molar-refractivity contribution in [2.24, 2.45) is 0 Å². The van der Waals surface area contributed by atoms with Gasteiger partial charge in [0, 0.05) is 17.8 Å². The molecule has 0 atom stereocenters. The van der Waals surface area contributed by atoms with Gasteiger partial charge in [-0.15, -0.1) is 0 Å². The summed E-state index contributed by atoms with van der Waals surface area (Å²) in [4.78, 5) is 22.4. The number of hydrogen-bond donors (Lipinski definition) is 0. The molecule has 7 heteroatoms. The highest BCUT2D eigenvalue weighted by Crippen LogP contribution is 2.34. The van der Waals surface area contributed by atoms with Crippen molar-refractivity contribution in [1.82, 2.24) is 24.1 Å². The van der Waals surface area contributed by atoms with Gasteiger partial charge < -0.3 is 9.30 Å². The first-order valence-corrected chi connectivity index (χ1v) is 9.66. The number of ether oxygens (including phenoxy) is 1. The summed E-state index contributed by atoms with van der Waals surface area (Å²) in [7, 11) is 1.63. The van der Waals surface area contributed by atoms with Gasteiger partial charge >= 0.3 is 0 Å². The number of methoxy groups -OCH3 is 1. The zero-order chi connectivity index (χ0) is 19.1. The SMILES string of the molecule is COc1ccccc1-c1c2c(=O)n(C3CCCCC3)ccc2nc2ncnn12. The predicted molar refractivity (Wildman–Crippen MR) is 107 cm³/mol. The Balaban J connectivity index is 1.87. The van der Waals surface area contributed by atoms with Crippen molar-refractivity contribution in [3.05, 3.63) is 53.2 Å².